The molecule has 8 saturated carbocycles. The Hall–Kier alpha value is -7.52. The van der Waals surface area contributed by atoms with Gasteiger partial charge in [0.25, 0.3) is 40.5 Å². The number of amides is 5. The molecule has 20 atom stereocenters. The Kier molecular flexibility index (Phi) is 30.4. The summed E-state index contributed by atoms with van der Waals surface area (Å²) in [5.74, 6) is -4.56. The number of rotatable bonds is 33. The van der Waals surface area contributed by atoms with Crippen LogP contribution in [0.1, 0.15) is 173 Å². The number of carbonyl (C=O) groups excluding carboxylic acids is 12. The molecule has 20 unspecified atom stereocenters. The highest BCUT2D eigenvalue weighted by Crippen LogP contribution is 2.59. The maximum Gasteiger partial charge on any atom is 0.410 e. The number of nitrogens with one attached hydrogen (secondary N) is 5. The average molecular weight is 1750 g/mol. The molecule has 0 aromatic carbocycles. The largest absolute Gasteiger partial charge is 0.463 e. The van der Waals surface area contributed by atoms with Crippen molar-refractivity contribution in [3.05, 3.63) is 0 Å². The summed E-state index contributed by atoms with van der Waals surface area (Å²) in [4.78, 5) is 142. The highest BCUT2D eigenvalue weighted by Gasteiger charge is 2.69. The van der Waals surface area contributed by atoms with E-state index in [1.165, 1.54) is 0 Å². The Morgan fingerprint density at radius 3 is 0.940 bits per heavy atom. The van der Waals surface area contributed by atoms with Gasteiger partial charge in [-0.2, -0.15) is 33.7 Å². The molecule has 4 saturated heterocycles. The summed E-state index contributed by atoms with van der Waals surface area (Å²) in [6.07, 6.45) is -0.886. The molecule has 0 radical (unpaired) electrons. The molecular weight excluding hydrogens is 1640 g/mol. The standard InChI is InChI=1S/C19H30N2O8S.C19H29NO9S.C18H27NO9S.C17H25NO9S/c1-4-19(2,3)17(23)27-8-7-20-14(22)5-6-21-18(24)28-15-11-9-12-13(10-11)30(25,26)29-16(12)15;1-4-19(2,3)17(22)27-8-7-26-14(21)5-6-20-18(23)28-15-11-9-12-13(10-11)30(24,25)29-16(12)15;1-4-18(2,3)16(21)26-9-13(20)25-6-5-19-17(22)27-14-10-7-11-12(8-10)29(23,24)28-15(11)14;1-4-17(2,3)15(20)24-7-12(19)25-8-18-16(21)26-13-9-5-10-11(6-9)28(22,23)27-14(10)13/h11-13,15-16H,4-10H2,1-3H3,(H,20,22)(H,21,24);11-13,15-16H,4-10H2,1-3H3,(H,20,23);10-12,14-15H,4-9H2,1-3H3,(H,19,22);9-11,13-14H,4-8H2,1-3H3,(H,18,21). The topological polar surface area (TPSA) is 540 Å². The fourth-order valence-electron chi connectivity index (χ4n) is 16.4. The average Bonchev–Trinajstić information content (AvgIpc) is 1.58. The van der Waals surface area contributed by atoms with Gasteiger partial charge in [0, 0.05) is 66.9 Å². The maximum absolute atomic E-state index is 12.0. The third-order valence-electron chi connectivity index (χ3n) is 24.6. The smallest absolute Gasteiger partial charge is 0.410 e. The molecule has 12 aliphatic rings. The number of hydrogen-bond acceptors (Lipinski definition) is 35. The number of esters is 7. The first-order valence-electron chi connectivity index (χ1n) is 39.6. The number of fused-ring (bicyclic) bond motifs is 4. The van der Waals surface area contributed by atoms with Crippen LogP contribution in [0.25, 0.3) is 0 Å². The maximum atomic E-state index is 12.0. The van der Waals surface area contributed by atoms with Crippen LogP contribution in [0.15, 0.2) is 0 Å². The molecule has 5 N–H and O–H groups in total. The van der Waals surface area contributed by atoms with Gasteiger partial charge in [-0.15, -0.1) is 0 Å². The lowest BCUT2D eigenvalue weighted by molar-refractivity contribution is -0.164. The predicted molar refractivity (Wildman–Crippen MR) is 399 cm³/mol. The van der Waals surface area contributed by atoms with E-state index >= 15 is 0 Å². The molecule has 40 nitrogen and oxygen atoms in total. The van der Waals surface area contributed by atoms with E-state index in [-0.39, 0.29) is 131 Å². The van der Waals surface area contributed by atoms with Gasteiger partial charge >= 0.3 is 66.2 Å². The molecule has 12 rings (SSSR count). The number of ether oxygens (including phenoxy) is 11. The van der Waals surface area contributed by atoms with Crippen molar-refractivity contribution in [1.29, 1.82) is 0 Å². The van der Waals surface area contributed by atoms with E-state index in [1.54, 1.807) is 55.4 Å². The molecule has 8 aliphatic carbocycles. The first kappa shape index (κ1) is 93.3. The van der Waals surface area contributed by atoms with Gasteiger partial charge in [-0.3, -0.25) is 50.8 Å². The lowest BCUT2D eigenvalue weighted by Gasteiger charge is -2.24. The zero-order chi connectivity index (χ0) is 86.3. The Bertz CT molecular complexity index is 4040. The van der Waals surface area contributed by atoms with Gasteiger partial charge in [0.05, 0.1) is 62.2 Å². The molecule has 12 fully saturated rings. The van der Waals surface area contributed by atoms with Crippen molar-refractivity contribution in [3.8, 4) is 0 Å². The summed E-state index contributed by atoms with van der Waals surface area (Å²) in [7, 11) is -14.2. The van der Waals surface area contributed by atoms with Crippen LogP contribution in [0, 0.1) is 69.0 Å². The predicted octanol–water partition coefficient (Wildman–Crippen LogP) is 3.27. The van der Waals surface area contributed by atoms with Gasteiger partial charge in [0.15, 0.2) is 19.9 Å². The van der Waals surface area contributed by atoms with Gasteiger partial charge in [-0.05, 0) is 132 Å². The fraction of sp³-hybridized carbons (Fsp3) is 0.836. The van der Waals surface area contributed by atoms with Crippen molar-refractivity contribution in [2.24, 2.45) is 69.0 Å². The summed E-state index contributed by atoms with van der Waals surface area (Å²) < 4.78 is 172. The van der Waals surface area contributed by atoms with E-state index in [9.17, 15) is 91.2 Å². The lowest BCUT2D eigenvalue weighted by Crippen LogP contribution is -2.40. The van der Waals surface area contributed by atoms with Crippen molar-refractivity contribution >= 4 is 113 Å². The summed E-state index contributed by atoms with van der Waals surface area (Å²) >= 11 is 0. The second-order valence-electron chi connectivity index (χ2n) is 33.7. The Morgan fingerprint density at radius 2 is 0.590 bits per heavy atom. The second-order valence-corrected chi connectivity index (χ2v) is 40.8. The van der Waals surface area contributed by atoms with Crippen LogP contribution in [0.2, 0.25) is 0 Å². The van der Waals surface area contributed by atoms with E-state index in [0.29, 0.717) is 77.0 Å². The third-order valence-corrected chi connectivity index (χ3v) is 31.7. The zero-order valence-electron chi connectivity index (χ0n) is 67.6. The minimum absolute atomic E-state index is 0.00304. The van der Waals surface area contributed by atoms with Gasteiger partial charge in [0.1, 0.15) is 75.3 Å². The molecule has 0 spiro atoms. The van der Waals surface area contributed by atoms with Crippen molar-refractivity contribution in [1.82, 2.24) is 26.6 Å². The molecule has 5 amide bonds. The molecule has 44 heteroatoms. The van der Waals surface area contributed by atoms with Crippen LogP contribution in [-0.4, -0.2) is 248 Å². The highest BCUT2D eigenvalue weighted by molar-refractivity contribution is 7.88. The quantitative estimate of drug-likeness (QED) is 0.0207. The van der Waals surface area contributed by atoms with E-state index in [4.69, 9.17) is 68.8 Å². The normalized spacial score (nSPS) is 31.2. The Balaban J connectivity index is 0.000000178. The first-order valence-corrected chi connectivity index (χ1v) is 45.5. The molecule has 662 valence electrons. The van der Waals surface area contributed by atoms with Crippen LogP contribution < -0.4 is 26.6 Å². The zero-order valence-corrected chi connectivity index (χ0v) is 70.9. The monoisotopic (exact) mass is 1750 g/mol. The minimum Gasteiger partial charge on any atom is -0.463 e. The number of alkyl carbamates (subject to hydrolysis) is 4. The van der Waals surface area contributed by atoms with Crippen LogP contribution in [0.5, 0.6) is 0 Å². The molecule has 4 aliphatic heterocycles. The Labute approximate surface area is 680 Å². The number of hydrogen-bond donors (Lipinski definition) is 5. The first-order chi connectivity index (χ1) is 54.7. The summed E-state index contributed by atoms with van der Waals surface area (Å²) in [6.45, 7) is 20.1. The van der Waals surface area contributed by atoms with Crippen molar-refractivity contribution in [3.63, 3.8) is 0 Å². The minimum atomic E-state index is -3.58. The van der Waals surface area contributed by atoms with Gasteiger partial charge in [0.2, 0.25) is 5.91 Å². The second kappa shape index (κ2) is 38.0. The summed E-state index contributed by atoms with van der Waals surface area (Å²) in [5.41, 5.74) is -2.51. The molecule has 0 aromatic rings. The summed E-state index contributed by atoms with van der Waals surface area (Å²) in [5, 5.41) is 10.4. The van der Waals surface area contributed by atoms with Gasteiger partial charge in [-0.1, -0.05) is 27.7 Å². The van der Waals surface area contributed by atoms with E-state index < -0.39 is 206 Å². The third kappa shape index (κ3) is 22.6. The van der Waals surface area contributed by atoms with E-state index in [2.05, 4.69) is 26.6 Å². The number of carbonyl (C=O) groups is 12. The molecule has 117 heavy (non-hydrogen) atoms. The van der Waals surface area contributed by atoms with Gasteiger partial charge in [-0.25, -0.2) is 28.8 Å². The van der Waals surface area contributed by atoms with Crippen molar-refractivity contribution < 1.29 is 160 Å². The van der Waals surface area contributed by atoms with E-state index in [0.717, 1.165) is 0 Å². The van der Waals surface area contributed by atoms with Crippen LogP contribution >= 0.6 is 0 Å². The van der Waals surface area contributed by atoms with E-state index in [1.807, 2.05) is 27.7 Å². The lowest BCUT2D eigenvalue weighted by atomic mass is 9.91. The van der Waals surface area contributed by atoms with Crippen LogP contribution in [0.4, 0.5) is 19.2 Å². The Morgan fingerprint density at radius 1 is 0.316 bits per heavy atom. The molecule has 8 bridgehead atoms. The van der Waals surface area contributed by atoms with Gasteiger partial charge < -0.3 is 73.4 Å². The molecule has 4 heterocycles. The molecule has 0 aromatic heterocycles. The van der Waals surface area contributed by atoms with Crippen molar-refractivity contribution in [2.45, 2.75) is 243 Å². The highest BCUT2D eigenvalue weighted by atomic mass is 32.2. The molecular formula is C73H111N5O35S4. The SMILES string of the molecule is CCC(C)(C)C(=O)OCC(=O)OCCNC(=O)OC1C2CC3C1OS(=O)(=O)C3C2.CCC(C)(C)C(=O)OCC(=O)OCNC(=O)OC1C2CC3C1OS(=O)(=O)C3C2.CCC(C)(C)C(=O)OCCNC(=O)CCNC(=O)OC1C2CC3C1OS(=O)(=O)C3C2.CCC(C)(C)C(=O)OCCOC(=O)CCNC(=O)OC1C2CC3C1OS(=O)(=O)C3C2. The van der Waals surface area contributed by atoms with Crippen molar-refractivity contribution in [2.75, 3.05) is 72.6 Å². The van der Waals surface area contributed by atoms with Crippen LogP contribution in [-0.2, 0) is 148 Å². The fourth-order valence-corrected chi connectivity index (χ4v) is 23.9. The van der Waals surface area contributed by atoms with Crippen LogP contribution in [0.3, 0.4) is 0 Å². The summed E-state index contributed by atoms with van der Waals surface area (Å²) in [6, 6.07) is 0.